The third-order valence-corrected chi connectivity index (χ3v) is 3.25. The van der Waals surface area contributed by atoms with Crippen molar-refractivity contribution in [3.05, 3.63) is 41.9 Å². The van der Waals surface area contributed by atoms with E-state index in [0.717, 1.165) is 4.90 Å². The Morgan fingerprint density at radius 1 is 1.35 bits per heavy atom. The highest BCUT2D eigenvalue weighted by Crippen LogP contribution is 2.23. The number of rotatable bonds is 5. The Morgan fingerprint density at radius 3 is 2.87 bits per heavy atom. The number of hydrogen-bond acceptors (Lipinski definition) is 7. The van der Waals surface area contributed by atoms with Crippen LogP contribution < -0.4 is 5.32 Å². The fourth-order valence-corrected chi connectivity index (χ4v) is 2.21. The molecular formula is C15H14N4O4. The zero-order valence-corrected chi connectivity index (χ0v) is 12.3. The first-order chi connectivity index (χ1) is 11.1. The lowest BCUT2D eigenvalue weighted by Gasteiger charge is -2.13. The van der Waals surface area contributed by atoms with Gasteiger partial charge in [-0.3, -0.25) is 14.5 Å². The SMILES string of the molecule is Cc1noc(-c2cccc(NC3=CC(=O)N(CCO)C3=O)c2)n1. The highest BCUT2D eigenvalue weighted by Gasteiger charge is 2.30. The number of aliphatic hydroxyl groups is 1. The predicted molar refractivity (Wildman–Crippen MR) is 80.0 cm³/mol. The average molecular weight is 314 g/mol. The number of hydrogen-bond donors (Lipinski definition) is 2. The standard InChI is InChI=1S/C15H14N4O4/c1-9-16-14(23-18-9)10-3-2-4-11(7-10)17-12-8-13(21)19(5-6-20)15(12)22/h2-4,7-8,17,20H,5-6H2,1H3. The maximum atomic E-state index is 12.1. The molecule has 1 aliphatic rings. The lowest BCUT2D eigenvalue weighted by atomic mass is 10.2. The van der Waals surface area contributed by atoms with Crippen LogP contribution in [0.5, 0.6) is 0 Å². The smallest absolute Gasteiger partial charge is 0.277 e. The van der Waals surface area contributed by atoms with Crippen molar-refractivity contribution in [2.75, 3.05) is 18.5 Å². The Labute approximate surface area is 131 Å². The first-order valence-corrected chi connectivity index (χ1v) is 6.94. The van der Waals surface area contributed by atoms with E-state index in [1.165, 1.54) is 6.08 Å². The fraction of sp³-hybridized carbons (Fsp3) is 0.200. The number of nitrogens with zero attached hydrogens (tertiary/aromatic N) is 3. The van der Waals surface area contributed by atoms with E-state index in [1.54, 1.807) is 31.2 Å². The maximum Gasteiger partial charge on any atom is 0.277 e. The molecule has 8 heteroatoms. The summed E-state index contributed by atoms with van der Waals surface area (Å²) >= 11 is 0. The molecule has 8 nitrogen and oxygen atoms in total. The van der Waals surface area contributed by atoms with Crippen LogP contribution in [-0.4, -0.2) is 45.1 Å². The van der Waals surface area contributed by atoms with Crippen molar-refractivity contribution in [3.63, 3.8) is 0 Å². The molecule has 118 valence electrons. The zero-order valence-electron chi connectivity index (χ0n) is 12.3. The molecule has 0 radical (unpaired) electrons. The molecule has 3 rings (SSSR count). The molecule has 2 N–H and O–H groups in total. The first-order valence-electron chi connectivity index (χ1n) is 6.94. The van der Waals surface area contributed by atoms with Gasteiger partial charge in [0.15, 0.2) is 5.82 Å². The summed E-state index contributed by atoms with van der Waals surface area (Å²) in [5.41, 5.74) is 1.46. The van der Waals surface area contributed by atoms with Gasteiger partial charge in [-0.1, -0.05) is 11.2 Å². The van der Waals surface area contributed by atoms with Crippen LogP contribution in [0.1, 0.15) is 5.82 Å². The van der Waals surface area contributed by atoms with E-state index in [9.17, 15) is 9.59 Å². The summed E-state index contributed by atoms with van der Waals surface area (Å²) in [4.78, 5) is 28.9. The van der Waals surface area contributed by atoms with Crippen LogP contribution in [0.2, 0.25) is 0 Å². The van der Waals surface area contributed by atoms with Crippen molar-refractivity contribution >= 4 is 17.5 Å². The van der Waals surface area contributed by atoms with Gasteiger partial charge in [0, 0.05) is 17.3 Å². The van der Waals surface area contributed by atoms with Crippen molar-refractivity contribution < 1.29 is 19.2 Å². The Bertz CT molecular complexity index is 796. The molecule has 0 unspecified atom stereocenters. The van der Waals surface area contributed by atoms with Crippen LogP contribution in [0.3, 0.4) is 0 Å². The van der Waals surface area contributed by atoms with Crippen LogP contribution >= 0.6 is 0 Å². The minimum atomic E-state index is -0.469. The minimum Gasteiger partial charge on any atom is -0.395 e. The molecule has 0 bridgehead atoms. The lowest BCUT2D eigenvalue weighted by Crippen LogP contribution is -2.34. The number of nitrogens with one attached hydrogen (secondary N) is 1. The average Bonchev–Trinajstić information content (AvgIpc) is 3.07. The van der Waals surface area contributed by atoms with Gasteiger partial charge in [0.1, 0.15) is 5.70 Å². The van der Waals surface area contributed by atoms with E-state index in [0.29, 0.717) is 23.0 Å². The number of aryl methyl sites for hydroxylation is 1. The molecule has 0 fully saturated rings. The molecule has 23 heavy (non-hydrogen) atoms. The van der Waals surface area contributed by atoms with Crippen molar-refractivity contribution in [2.45, 2.75) is 6.92 Å². The summed E-state index contributed by atoms with van der Waals surface area (Å²) in [5.74, 6) is -0.0218. The topological polar surface area (TPSA) is 109 Å². The molecular weight excluding hydrogens is 300 g/mol. The fourth-order valence-electron chi connectivity index (χ4n) is 2.21. The number of carbonyl (C=O) groups excluding carboxylic acids is 2. The van der Waals surface area contributed by atoms with E-state index in [-0.39, 0.29) is 18.8 Å². The molecule has 1 aliphatic heterocycles. The van der Waals surface area contributed by atoms with Gasteiger partial charge in [0.2, 0.25) is 0 Å². The summed E-state index contributed by atoms with van der Waals surface area (Å²) in [6.07, 6.45) is 1.21. The van der Waals surface area contributed by atoms with Crippen LogP contribution in [0.15, 0.2) is 40.6 Å². The van der Waals surface area contributed by atoms with Crippen LogP contribution in [-0.2, 0) is 9.59 Å². The summed E-state index contributed by atoms with van der Waals surface area (Å²) in [5, 5.41) is 15.5. The number of amides is 2. The summed E-state index contributed by atoms with van der Waals surface area (Å²) in [6, 6.07) is 7.05. The van der Waals surface area contributed by atoms with Gasteiger partial charge in [-0.25, -0.2) is 0 Å². The Kier molecular flexibility index (Phi) is 3.90. The Balaban J connectivity index is 1.80. The number of imide groups is 1. The Morgan fingerprint density at radius 2 is 2.17 bits per heavy atom. The van der Waals surface area contributed by atoms with Gasteiger partial charge in [-0.15, -0.1) is 0 Å². The maximum absolute atomic E-state index is 12.1. The highest BCUT2D eigenvalue weighted by atomic mass is 16.5. The number of benzene rings is 1. The number of aliphatic hydroxyl groups excluding tert-OH is 1. The number of aromatic nitrogens is 2. The zero-order chi connectivity index (χ0) is 16.4. The van der Waals surface area contributed by atoms with Crippen LogP contribution in [0.25, 0.3) is 11.5 Å². The predicted octanol–water partition coefficient (Wildman–Crippen LogP) is 0.702. The Hall–Kier alpha value is -3.00. The molecule has 1 aromatic carbocycles. The third-order valence-electron chi connectivity index (χ3n) is 3.25. The normalized spacial score (nSPS) is 14.3. The van der Waals surface area contributed by atoms with Crippen LogP contribution in [0, 0.1) is 6.92 Å². The number of anilines is 1. The second kappa shape index (κ2) is 6.01. The minimum absolute atomic E-state index is 0.0271. The van der Waals surface area contributed by atoms with Crippen molar-refractivity contribution in [1.29, 1.82) is 0 Å². The van der Waals surface area contributed by atoms with Gasteiger partial charge in [0.25, 0.3) is 17.7 Å². The molecule has 2 heterocycles. The molecule has 0 saturated heterocycles. The summed E-state index contributed by atoms with van der Waals surface area (Å²) in [6.45, 7) is 1.42. The van der Waals surface area contributed by atoms with E-state index in [2.05, 4.69) is 15.5 Å². The van der Waals surface area contributed by atoms with E-state index < -0.39 is 11.8 Å². The second-order valence-corrected chi connectivity index (χ2v) is 4.93. The molecule has 2 aromatic rings. The number of carbonyl (C=O) groups is 2. The van der Waals surface area contributed by atoms with E-state index in [1.807, 2.05) is 0 Å². The molecule has 0 saturated carbocycles. The summed E-state index contributed by atoms with van der Waals surface area (Å²) in [7, 11) is 0. The molecule has 0 aliphatic carbocycles. The van der Waals surface area contributed by atoms with Crippen LogP contribution in [0.4, 0.5) is 5.69 Å². The largest absolute Gasteiger partial charge is 0.395 e. The molecule has 0 atom stereocenters. The third kappa shape index (κ3) is 2.97. The van der Waals surface area contributed by atoms with E-state index >= 15 is 0 Å². The van der Waals surface area contributed by atoms with Gasteiger partial charge in [-0.05, 0) is 25.1 Å². The highest BCUT2D eigenvalue weighted by molar-refractivity contribution is 6.17. The van der Waals surface area contributed by atoms with Crippen molar-refractivity contribution in [1.82, 2.24) is 15.0 Å². The van der Waals surface area contributed by atoms with Gasteiger partial charge < -0.3 is 14.9 Å². The monoisotopic (exact) mass is 314 g/mol. The summed E-state index contributed by atoms with van der Waals surface area (Å²) < 4.78 is 5.10. The van der Waals surface area contributed by atoms with Gasteiger partial charge in [0.05, 0.1) is 13.2 Å². The van der Waals surface area contributed by atoms with E-state index in [4.69, 9.17) is 9.63 Å². The second-order valence-electron chi connectivity index (χ2n) is 4.93. The van der Waals surface area contributed by atoms with Gasteiger partial charge in [-0.2, -0.15) is 4.98 Å². The van der Waals surface area contributed by atoms with Gasteiger partial charge >= 0.3 is 0 Å². The first kappa shape index (κ1) is 14.9. The molecule has 1 aromatic heterocycles. The van der Waals surface area contributed by atoms with Crippen molar-refractivity contribution in [3.8, 4) is 11.5 Å². The quantitative estimate of drug-likeness (QED) is 0.782. The van der Waals surface area contributed by atoms with Crippen molar-refractivity contribution in [2.24, 2.45) is 0 Å². The lowest BCUT2D eigenvalue weighted by molar-refractivity contribution is -0.137. The molecule has 0 spiro atoms. The molecule has 2 amide bonds. The number of β-amino-alcohol motifs (C(OH)–C–C–N with tert-alkyl or cyclic N) is 1.